The van der Waals surface area contributed by atoms with Gasteiger partial charge >= 0.3 is 6.18 Å². The Morgan fingerprint density at radius 2 is 2.05 bits per heavy atom. The van der Waals surface area contributed by atoms with Gasteiger partial charge in [-0.1, -0.05) is 11.8 Å². The van der Waals surface area contributed by atoms with Gasteiger partial charge in [0.1, 0.15) is 5.82 Å². The van der Waals surface area contributed by atoms with E-state index in [1.54, 1.807) is 0 Å². The second-order valence-corrected chi connectivity index (χ2v) is 4.20. The van der Waals surface area contributed by atoms with E-state index in [1.165, 1.54) is 18.2 Å². The Morgan fingerprint density at radius 1 is 1.33 bits per heavy atom. The molecule has 0 aromatic heterocycles. The first-order valence-corrected chi connectivity index (χ1v) is 6.12. The molecule has 21 heavy (non-hydrogen) atoms. The van der Waals surface area contributed by atoms with Crippen LogP contribution in [0.25, 0.3) is 0 Å². The fourth-order valence-corrected chi connectivity index (χ4v) is 1.48. The van der Waals surface area contributed by atoms with Crippen molar-refractivity contribution in [2.75, 3.05) is 6.54 Å². The topological polar surface area (TPSA) is 55.1 Å². The van der Waals surface area contributed by atoms with Crippen LogP contribution in [0.4, 0.5) is 17.6 Å². The van der Waals surface area contributed by atoms with Crippen molar-refractivity contribution >= 4 is 5.91 Å². The molecule has 1 rings (SSSR count). The number of nitrogens with two attached hydrogens (primary N) is 1. The van der Waals surface area contributed by atoms with Gasteiger partial charge in [0.2, 0.25) is 5.91 Å². The van der Waals surface area contributed by atoms with E-state index in [9.17, 15) is 22.4 Å². The lowest BCUT2D eigenvalue weighted by atomic mass is 10.1. The second kappa shape index (κ2) is 7.64. The van der Waals surface area contributed by atoms with Gasteiger partial charge in [-0.05, 0) is 18.2 Å². The molecule has 7 heteroatoms. The lowest BCUT2D eigenvalue weighted by molar-refractivity contribution is -0.144. The lowest BCUT2D eigenvalue weighted by Crippen LogP contribution is -2.25. The molecule has 1 aromatic rings. The molecule has 0 radical (unpaired) electrons. The van der Waals surface area contributed by atoms with Gasteiger partial charge < -0.3 is 11.1 Å². The summed E-state index contributed by atoms with van der Waals surface area (Å²) in [4.78, 5) is 11.3. The molecule has 0 unspecified atom stereocenters. The molecule has 1 aromatic carbocycles. The summed E-state index contributed by atoms with van der Waals surface area (Å²) in [5.74, 6) is 3.95. The minimum absolute atomic E-state index is 0.152. The van der Waals surface area contributed by atoms with Crippen LogP contribution in [-0.4, -0.2) is 18.6 Å². The van der Waals surface area contributed by atoms with Crippen LogP contribution in [0, 0.1) is 17.7 Å². The van der Waals surface area contributed by atoms with Crippen LogP contribution in [0.3, 0.4) is 0 Å². The highest BCUT2D eigenvalue weighted by Crippen LogP contribution is 2.21. The highest BCUT2D eigenvalue weighted by atomic mass is 19.4. The number of alkyl halides is 3. The Balaban J connectivity index is 2.60. The molecule has 0 spiro atoms. The van der Waals surface area contributed by atoms with E-state index in [1.807, 2.05) is 0 Å². The van der Waals surface area contributed by atoms with Gasteiger partial charge in [-0.3, -0.25) is 4.79 Å². The molecule has 0 fully saturated rings. The number of rotatable bonds is 4. The molecule has 3 N–H and O–H groups in total. The first-order chi connectivity index (χ1) is 9.81. The first-order valence-electron chi connectivity index (χ1n) is 6.12. The SMILES string of the molecule is NCC#Cc1ccc(F)c(CNC(=O)CCC(F)(F)F)c1. The lowest BCUT2D eigenvalue weighted by Gasteiger charge is -2.08. The number of nitrogens with one attached hydrogen (secondary N) is 1. The highest BCUT2D eigenvalue weighted by molar-refractivity contribution is 5.75. The number of amides is 1. The highest BCUT2D eigenvalue weighted by Gasteiger charge is 2.27. The van der Waals surface area contributed by atoms with Crippen molar-refractivity contribution in [2.45, 2.75) is 25.6 Å². The van der Waals surface area contributed by atoms with Gasteiger partial charge in [-0.2, -0.15) is 13.2 Å². The standard InChI is InChI=1S/C14H14F4N2O/c15-12-4-3-10(2-1-7-19)8-11(12)9-20-13(21)5-6-14(16,17)18/h3-4,8H,5-7,9,19H2,(H,20,21). The van der Waals surface area contributed by atoms with Crippen LogP contribution in [0.15, 0.2) is 18.2 Å². The molecular formula is C14H14F4N2O. The van der Waals surface area contributed by atoms with Crippen molar-refractivity contribution in [2.24, 2.45) is 5.73 Å². The smallest absolute Gasteiger partial charge is 0.352 e. The Bertz CT molecular complexity index is 558. The maximum absolute atomic E-state index is 13.5. The van der Waals surface area contributed by atoms with E-state index >= 15 is 0 Å². The van der Waals surface area contributed by atoms with Gasteiger partial charge in [0.05, 0.1) is 13.0 Å². The van der Waals surface area contributed by atoms with Crippen molar-refractivity contribution in [1.82, 2.24) is 5.32 Å². The zero-order chi connectivity index (χ0) is 15.9. The van der Waals surface area contributed by atoms with E-state index in [2.05, 4.69) is 17.2 Å². The quantitative estimate of drug-likeness (QED) is 0.661. The Labute approximate surface area is 119 Å². The third kappa shape index (κ3) is 6.77. The summed E-state index contributed by atoms with van der Waals surface area (Å²) in [7, 11) is 0. The van der Waals surface area contributed by atoms with Gasteiger partial charge in [-0.15, -0.1) is 0 Å². The van der Waals surface area contributed by atoms with Crippen molar-refractivity contribution < 1.29 is 22.4 Å². The zero-order valence-corrected chi connectivity index (χ0v) is 11.1. The normalized spacial score (nSPS) is 10.7. The van der Waals surface area contributed by atoms with Crippen molar-refractivity contribution in [3.05, 3.63) is 35.1 Å². The molecular weight excluding hydrogens is 288 g/mol. The van der Waals surface area contributed by atoms with Gasteiger partial charge in [0.15, 0.2) is 0 Å². The van der Waals surface area contributed by atoms with E-state index in [0.29, 0.717) is 5.56 Å². The van der Waals surface area contributed by atoms with E-state index in [0.717, 1.165) is 0 Å². The number of carbonyl (C=O) groups excluding carboxylic acids is 1. The summed E-state index contributed by atoms with van der Waals surface area (Å²) in [6.07, 6.45) is -6.28. The maximum atomic E-state index is 13.5. The molecule has 3 nitrogen and oxygen atoms in total. The maximum Gasteiger partial charge on any atom is 0.389 e. The number of hydrogen-bond donors (Lipinski definition) is 2. The van der Waals surface area contributed by atoms with Crippen LogP contribution < -0.4 is 11.1 Å². The van der Waals surface area contributed by atoms with Crippen molar-refractivity contribution in [3.63, 3.8) is 0 Å². The number of carbonyl (C=O) groups is 1. The van der Waals surface area contributed by atoms with Crippen molar-refractivity contribution in [1.29, 1.82) is 0 Å². The fourth-order valence-electron chi connectivity index (χ4n) is 1.48. The average molecular weight is 302 g/mol. The van der Waals surface area contributed by atoms with E-state index in [4.69, 9.17) is 5.73 Å². The summed E-state index contributed by atoms with van der Waals surface area (Å²) in [5, 5.41) is 2.24. The Kier molecular flexibility index (Phi) is 6.18. The Hall–Kier alpha value is -2.07. The van der Waals surface area contributed by atoms with E-state index in [-0.39, 0.29) is 18.7 Å². The molecule has 0 bridgehead atoms. The molecule has 0 aliphatic heterocycles. The summed E-state index contributed by atoms with van der Waals surface area (Å²) >= 11 is 0. The predicted octanol–water partition coefficient (Wildman–Crippen LogP) is 2.09. The summed E-state index contributed by atoms with van der Waals surface area (Å²) < 4.78 is 49.4. The third-order valence-corrected chi connectivity index (χ3v) is 2.49. The minimum atomic E-state index is -4.39. The van der Waals surface area contributed by atoms with Crippen molar-refractivity contribution in [3.8, 4) is 11.8 Å². The van der Waals surface area contributed by atoms with Crippen LogP contribution in [0.5, 0.6) is 0 Å². The monoisotopic (exact) mass is 302 g/mol. The number of halogens is 4. The van der Waals surface area contributed by atoms with Crippen LogP contribution >= 0.6 is 0 Å². The van der Waals surface area contributed by atoms with Crippen LogP contribution in [0.2, 0.25) is 0 Å². The molecule has 0 atom stereocenters. The predicted molar refractivity (Wildman–Crippen MR) is 69.5 cm³/mol. The molecule has 1 amide bonds. The first kappa shape index (κ1) is 17.0. The van der Waals surface area contributed by atoms with Crippen LogP contribution in [-0.2, 0) is 11.3 Å². The molecule has 0 saturated heterocycles. The van der Waals surface area contributed by atoms with Gasteiger partial charge in [0, 0.05) is 24.1 Å². The van der Waals surface area contributed by atoms with Gasteiger partial charge in [-0.25, -0.2) is 4.39 Å². The third-order valence-electron chi connectivity index (χ3n) is 2.49. The number of benzene rings is 1. The Morgan fingerprint density at radius 3 is 2.67 bits per heavy atom. The summed E-state index contributed by atoms with van der Waals surface area (Å²) in [6.45, 7) is -0.0401. The number of hydrogen-bond acceptors (Lipinski definition) is 2. The molecule has 0 aliphatic carbocycles. The van der Waals surface area contributed by atoms with E-state index < -0.39 is 30.7 Å². The fraction of sp³-hybridized carbons (Fsp3) is 0.357. The minimum Gasteiger partial charge on any atom is -0.352 e. The van der Waals surface area contributed by atoms with Crippen LogP contribution in [0.1, 0.15) is 24.0 Å². The average Bonchev–Trinajstić information content (AvgIpc) is 2.42. The van der Waals surface area contributed by atoms with Gasteiger partial charge in [0.25, 0.3) is 0 Å². The molecule has 0 saturated carbocycles. The largest absolute Gasteiger partial charge is 0.389 e. The summed E-state index contributed by atoms with van der Waals surface area (Å²) in [6, 6.07) is 4.05. The molecule has 0 aliphatic rings. The zero-order valence-electron chi connectivity index (χ0n) is 11.1. The molecule has 0 heterocycles. The second-order valence-electron chi connectivity index (χ2n) is 4.20. The summed E-state index contributed by atoms with van der Waals surface area (Å²) in [5.41, 5.74) is 5.88. The molecule has 114 valence electrons.